The molecule has 0 fully saturated rings. The van der Waals surface area contributed by atoms with Gasteiger partial charge in [-0.25, -0.2) is 9.97 Å². The molecule has 1 heterocycles. The molecule has 0 N–H and O–H groups in total. The molecule has 1 aromatic heterocycles. The lowest BCUT2D eigenvalue weighted by atomic mass is 10.1. The van der Waals surface area contributed by atoms with Crippen molar-refractivity contribution < 1.29 is 14.3 Å². The van der Waals surface area contributed by atoms with Gasteiger partial charge >= 0.3 is 5.97 Å². The zero-order valence-corrected chi connectivity index (χ0v) is 20.7. The SMILES string of the molecule is CCCCCCCCCCCCOc1ccc(-c2ncc(OC(=O)CCCCC)cn2)cc1. The topological polar surface area (TPSA) is 61.3 Å². The van der Waals surface area contributed by atoms with Crippen LogP contribution in [0, 0.1) is 0 Å². The van der Waals surface area contributed by atoms with E-state index in [2.05, 4.69) is 23.8 Å². The van der Waals surface area contributed by atoms with Crippen molar-refractivity contribution in [3.8, 4) is 22.9 Å². The van der Waals surface area contributed by atoms with E-state index in [-0.39, 0.29) is 5.97 Å². The largest absolute Gasteiger partial charge is 0.494 e. The van der Waals surface area contributed by atoms with Crippen molar-refractivity contribution in [1.82, 2.24) is 9.97 Å². The number of benzene rings is 1. The van der Waals surface area contributed by atoms with Crippen molar-refractivity contribution in [2.75, 3.05) is 6.61 Å². The van der Waals surface area contributed by atoms with Crippen molar-refractivity contribution in [3.05, 3.63) is 36.7 Å². The highest BCUT2D eigenvalue weighted by Gasteiger charge is 2.07. The number of hydrogen-bond donors (Lipinski definition) is 0. The molecule has 0 saturated carbocycles. The van der Waals surface area contributed by atoms with Gasteiger partial charge in [0.2, 0.25) is 0 Å². The maximum Gasteiger partial charge on any atom is 0.311 e. The lowest BCUT2D eigenvalue weighted by Crippen LogP contribution is -2.08. The second-order valence-electron chi connectivity index (χ2n) is 8.73. The number of hydrogen-bond acceptors (Lipinski definition) is 5. The maximum absolute atomic E-state index is 11.8. The molecule has 0 spiro atoms. The van der Waals surface area contributed by atoms with Crippen molar-refractivity contribution in [1.29, 1.82) is 0 Å². The van der Waals surface area contributed by atoms with Gasteiger partial charge in [0.1, 0.15) is 5.75 Å². The van der Waals surface area contributed by atoms with Crippen LogP contribution in [-0.4, -0.2) is 22.5 Å². The van der Waals surface area contributed by atoms with Gasteiger partial charge in [-0.1, -0.05) is 84.5 Å². The molecule has 0 bridgehead atoms. The summed E-state index contributed by atoms with van der Waals surface area (Å²) in [5, 5.41) is 0. The number of unbranched alkanes of at least 4 members (excludes halogenated alkanes) is 11. The van der Waals surface area contributed by atoms with Crippen LogP contribution in [-0.2, 0) is 4.79 Å². The Morgan fingerprint density at radius 1 is 0.697 bits per heavy atom. The van der Waals surface area contributed by atoms with Gasteiger partial charge in [-0.05, 0) is 37.1 Å². The van der Waals surface area contributed by atoms with E-state index in [1.54, 1.807) is 12.4 Å². The van der Waals surface area contributed by atoms with E-state index >= 15 is 0 Å². The quantitative estimate of drug-likeness (QED) is 0.169. The molecule has 2 aromatic rings. The maximum atomic E-state index is 11.8. The van der Waals surface area contributed by atoms with E-state index in [1.807, 2.05) is 24.3 Å². The van der Waals surface area contributed by atoms with Crippen LogP contribution < -0.4 is 9.47 Å². The molecule has 0 atom stereocenters. The average molecular weight is 455 g/mol. The molecule has 0 aliphatic heterocycles. The Balaban J connectivity index is 1.62. The van der Waals surface area contributed by atoms with Gasteiger partial charge in [0, 0.05) is 12.0 Å². The monoisotopic (exact) mass is 454 g/mol. The van der Waals surface area contributed by atoms with Crippen LogP contribution in [0.1, 0.15) is 104 Å². The van der Waals surface area contributed by atoms with Gasteiger partial charge in [0.05, 0.1) is 19.0 Å². The van der Waals surface area contributed by atoms with Crippen LogP contribution in [0.25, 0.3) is 11.4 Å². The van der Waals surface area contributed by atoms with Gasteiger partial charge in [0.25, 0.3) is 0 Å². The molecule has 1 aromatic carbocycles. The van der Waals surface area contributed by atoms with Crippen molar-refractivity contribution in [3.63, 3.8) is 0 Å². The van der Waals surface area contributed by atoms with Crippen LogP contribution in [0.15, 0.2) is 36.7 Å². The Morgan fingerprint density at radius 2 is 1.24 bits per heavy atom. The van der Waals surface area contributed by atoms with Crippen molar-refractivity contribution >= 4 is 5.97 Å². The van der Waals surface area contributed by atoms with Gasteiger partial charge in [-0.3, -0.25) is 4.79 Å². The summed E-state index contributed by atoms with van der Waals surface area (Å²) in [5.74, 6) is 1.62. The minimum atomic E-state index is -0.233. The van der Waals surface area contributed by atoms with Gasteiger partial charge in [-0.15, -0.1) is 0 Å². The molecular formula is C28H42N2O3. The number of nitrogens with zero attached hydrogens (tertiary/aromatic N) is 2. The molecule has 0 radical (unpaired) electrons. The predicted octanol–water partition coefficient (Wildman–Crippen LogP) is 7.93. The first kappa shape index (κ1) is 26.8. The van der Waals surface area contributed by atoms with Gasteiger partial charge in [0.15, 0.2) is 11.6 Å². The molecule has 33 heavy (non-hydrogen) atoms. The predicted molar refractivity (Wildman–Crippen MR) is 135 cm³/mol. The van der Waals surface area contributed by atoms with E-state index in [1.165, 1.54) is 57.8 Å². The van der Waals surface area contributed by atoms with E-state index in [9.17, 15) is 4.79 Å². The molecule has 5 nitrogen and oxygen atoms in total. The fourth-order valence-corrected chi connectivity index (χ4v) is 3.70. The second-order valence-corrected chi connectivity index (χ2v) is 8.73. The first-order chi connectivity index (χ1) is 16.2. The van der Waals surface area contributed by atoms with Crippen LogP contribution >= 0.6 is 0 Å². The van der Waals surface area contributed by atoms with Crippen LogP contribution in [0.5, 0.6) is 11.5 Å². The fourth-order valence-electron chi connectivity index (χ4n) is 3.70. The Kier molecular flexibility index (Phi) is 13.9. The fraction of sp³-hybridized carbons (Fsp3) is 0.607. The molecule has 182 valence electrons. The first-order valence-electron chi connectivity index (χ1n) is 13.0. The van der Waals surface area contributed by atoms with E-state index in [0.29, 0.717) is 18.0 Å². The lowest BCUT2D eigenvalue weighted by Gasteiger charge is -2.08. The van der Waals surface area contributed by atoms with E-state index in [4.69, 9.17) is 9.47 Å². The molecule has 2 rings (SSSR count). The number of rotatable bonds is 18. The number of aromatic nitrogens is 2. The summed E-state index contributed by atoms with van der Waals surface area (Å²) in [6.07, 6.45) is 19.7. The highest BCUT2D eigenvalue weighted by molar-refractivity contribution is 5.72. The summed E-state index contributed by atoms with van der Waals surface area (Å²) in [4.78, 5) is 20.5. The molecule has 0 amide bonds. The third kappa shape index (κ3) is 11.8. The summed E-state index contributed by atoms with van der Waals surface area (Å²) >= 11 is 0. The van der Waals surface area contributed by atoms with Crippen molar-refractivity contribution in [2.45, 2.75) is 104 Å². The van der Waals surface area contributed by atoms with Crippen LogP contribution in [0.2, 0.25) is 0 Å². The summed E-state index contributed by atoms with van der Waals surface area (Å²) < 4.78 is 11.2. The third-order valence-corrected chi connectivity index (χ3v) is 5.72. The van der Waals surface area contributed by atoms with Crippen LogP contribution in [0.3, 0.4) is 0 Å². The minimum Gasteiger partial charge on any atom is -0.494 e. The van der Waals surface area contributed by atoms with Crippen molar-refractivity contribution in [2.24, 2.45) is 0 Å². The van der Waals surface area contributed by atoms with E-state index < -0.39 is 0 Å². The summed E-state index contributed by atoms with van der Waals surface area (Å²) in [6, 6.07) is 7.83. The molecular weight excluding hydrogens is 412 g/mol. The zero-order valence-electron chi connectivity index (χ0n) is 20.7. The first-order valence-corrected chi connectivity index (χ1v) is 13.0. The number of carbonyl (C=O) groups is 1. The molecule has 5 heteroatoms. The normalized spacial score (nSPS) is 10.8. The Morgan fingerprint density at radius 3 is 1.85 bits per heavy atom. The Hall–Kier alpha value is -2.43. The molecule has 0 saturated heterocycles. The average Bonchev–Trinajstić information content (AvgIpc) is 2.84. The molecule has 0 aliphatic carbocycles. The zero-order chi connectivity index (χ0) is 23.6. The summed E-state index contributed by atoms with van der Waals surface area (Å²) in [7, 11) is 0. The highest BCUT2D eigenvalue weighted by Crippen LogP contribution is 2.21. The summed E-state index contributed by atoms with van der Waals surface area (Å²) in [6.45, 7) is 5.13. The number of esters is 1. The van der Waals surface area contributed by atoms with E-state index in [0.717, 1.165) is 43.6 Å². The Labute approximate surface area is 200 Å². The Bertz CT molecular complexity index is 760. The number of carbonyl (C=O) groups excluding carboxylic acids is 1. The standard InChI is InChI=1S/C28H42N2O3/c1-3-5-7-8-9-10-11-12-13-15-21-32-25-19-17-24(18-20-25)28-29-22-26(23-30-28)33-27(31)16-14-6-4-2/h17-20,22-23H,3-16,21H2,1-2H3. The van der Waals surface area contributed by atoms with Crippen LogP contribution in [0.4, 0.5) is 0 Å². The van der Waals surface area contributed by atoms with Gasteiger partial charge < -0.3 is 9.47 Å². The molecule has 0 aliphatic rings. The third-order valence-electron chi connectivity index (χ3n) is 5.72. The highest BCUT2D eigenvalue weighted by atomic mass is 16.5. The second kappa shape index (κ2) is 17.1. The molecule has 0 unspecified atom stereocenters. The summed E-state index contributed by atoms with van der Waals surface area (Å²) in [5.41, 5.74) is 0.905. The number of ether oxygens (including phenoxy) is 2. The smallest absolute Gasteiger partial charge is 0.311 e. The minimum absolute atomic E-state index is 0.233. The lowest BCUT2D eigenvalue weighted by molar-refractivity contribution is -0.134. The van der Waals surface area contributed by atoms with Gasteiger partial charge in [-0.2, -0.15) is 0 Å².